The third-order valence-corrected chi connectivity index (χ3v) is 4.90. The van der Waals surface area contributed by atoms with E-state index in [2.05, 4.69) is 15.3 Å². The van der Waals surface area contributed by atoms with Crippen LogP contribution in [0.1, 0.15) is 23.7 Å². The van der Waals surface area contributed by atoms with Crippen molar-refractivity contribution in [3.05, 3.63) is 16.1 Å². The first-order valence-corrected chi connectivity index (χ1v) is 8.88. The van der Waals surface area contributed by atoms with Gasteiger partial charge < -0.3 is 10.2 Å². The van der Waals surface area contributed by atoms with Gasteiger partial charge in [-0.1, -0.05) is 0 Å². The van der Waals surface area contributed by atoms with Gasteiger partial charge in [0.25, 0.3) is 0 Å². The molecule has 0 aromatic carbocycles. The minimum absolute atomic E-state index is 0.376. The molecule has 0 bridgehead atoms. The van der Waals surface area contributed by atoms with Crippen LogP contribution in [0.15, 0.2) is 11.2 Å². The Hall–Kier alpha value is -1.35. The second kappa shape index (κ2) is 8.15. The maximum atomic E-state index is 12.8. The second-order valence-electron chi connectivity index (χ2n) is 5.78. The molecular formula is C15H24F3N5S. The number of aromatic nitrogens is 1. The molecule has 1 aliphatic rings. The predicted octanol–water partition coefficient (Wildman–Crippen LogP) is 2.49. The molecule has 1 N–H and O–H groups in total. The average Bonchev–Trinajstić information content (AvgIpc) is 2.95. The lowest BCUT2D eigenvalue weighted by Crippen LogP contribution is -2.56. The van der Waals surface area contributed by atoms with Crippen molar-refractivity contribution in [1.82, 2.24) is 20.1 Å². The molecule has 1 aliphatic heterocycles. The van der Waals surface area contributed by atoms with Gasteiger partial charge in [-0.2, -0.15) is 13.2 Å². The van der Waals surface area contributed by atoms with Gasteiger partial charge in [0.2, 0.25) is 0 Å². The van der Waals surface area contributed by atoms with Crippen LogP contribution in [-0.4, -0.2) is 65.7 Å². The molecule has 0 aliphatic carbocycles. The van der Waals surface area contributed by atoms with Crippen molar-refractivity contribution in [2.75, 3.05) is 32.7 Å². The fraction of sp³-hybridized carbons (Fsp3) is 0.733. The maximum Gasteiger partial charge on any atom is 0.403 e. The van der Waals surface area contributed by atoms with Gasteiger partial charge in [0.1, 0.15) is 11.0 Å². The van der Waals surface area contributed by atoms with Gasteiger partial charge >= 0.3 is 6.18 Å². The van der Waals surface area contributed by atoms with Crippen LogP contribution in [0.5, 0.6) is 0 Å². The summed E-state index contributed by atoms with van der Waals surface area (Å²) in [4.78, 5) is 13.5. The molecule has 0 radical (unpaired) electrons. The number of piperazine rings is 1. The Kier molecular flexibility index (Phi) is 6.45. The van der Waals surface area contributed by atoms with Crippen molar-refractivity contribution in [2.45, 2.75) is 39.5 Å². The van der Waals surface area contributed by atoms with Crippen molar-refractivity contribution in [3.8, 4) is 0 Å². The summed E-state index contributed by atoms with van der Waals surface area (Å²) in [6, 6.07) is -1.41. The van der Waals surface area contributed by atoms with Gasteiger partial charge in [-0.15, -0.1) is 11.3 Å². The minimum atomic E-state index is -4.18. The zero-order valence-electron chi connectivity index (χ0n) is 14.2. The van der Waals surface area contributed by atoms with Gasteiger partial charge in [0.05, 0.1) is 6.54 Å². The standard InChI is InChI=1S/C15H24F3N5S/c1-4-19-14(21-10-13-20-9-11(2)24-13)23-7-5-22(6-8-23)12(3)15(16,17)18/h9,12H,4-8,10H2,1-3H3,(H,19,21). The third-order valence-electron chi connectivity index (χ3n) is 4.00. The first kappa shape index (κ1) is 19.0. The number of hydrogen-bond donors (Lipinski definition) is 1. The SMILES string of the molecule is CCNC(=NCc1ncc(C)s1)N1CCN(C(C)C(F)(F)F)CC1. The zero-order chi connectivity index (χ0) is 17.7. The summed E-state index contributed by atoms with van der Waals surface area (Å²) in [6.07, 6.45) is -2.36. The normalized spacial score (nSPS) is 18.8. The highest BCUT2D eigenvalue weighted by atomic mass is 32.1. The summed E-state index contributed by atoms with van der Waals surface area (Å²) in [5.41, 5.74) is 0. The molecule has 0 saturated carbocycles. The molecule has 1 aromatic rings. The minimum Gasteiger partial charge on any atom is -0.357 e. The highest BCUT2D eigenvalue weighted by Gasteiger charge is 2.41. The van der Waals surface area contributed by atoms with Crippen LogP contribution in [0, 0.1) is 6.92 Å². The van der Waals surface area contributed by atoms with E-state index in [9.17, 15) is 13.2 Å². The number of alkyl halides is 3. The van der Waals surface area contributed by atoms with E-state index in [4.69, 9.17) is 0 Å². The highest BCUT2D eigenvalue weighted by molar-refractivity contribution is 7.11. The van der Waals surface area contributed by atoms with Crippen molar-refractivity contribution < 1.29 is 13.2 Å². The molecule has 5 nitrogen and oxygen atoms in total. The molecule has 2 heterocycles. The Balaban J connectivity index is 1.95. The Labute approximate surface area is 144 Å². The number of rotatable bonds is 4. The van der Waals surface area contributed by atoms with E-state index >= 15 is 0 Å². The van der Waals surface area contributed by atoms with E-state index in [1.165, 1.54) is 11.8 Å². The van der Waals surface area contributed by atoms with Crippen LogP contribution in [0.3, 0.4) is 0 Å². The number of halogens is 3. The number of nitrogens with zero attached hydrogens (tertiary/aromatic N) is 4. The number of thiazole rings is 1. The van der Waals surface area contributed by atoms with Crippen molar-refractivity contribution in [1.29, 1.82) is 0 Å². The van der Waals surface area contributed by atoms with Gasteiger partial charge in [0.15, 0.2) is 5.96 Å². The summed E-state index contributed by atoms with van der Waals surface area (Å²) in [5.74, 6) is 0.740. The molecular weight excluding hydrogens is 339 g/mol. The summed E-state index contributed by atoms with van der Waals surface area (Å²) in [6.45, 7) is 8.21. The van der Waals surface area contributed by atoms with Crippen molar-refractivity contribution >= 4 is 17.3 Å². The molecule has 1 aromatic heterocycles. The number of aryl methyl sites for hydroxylation is 1. The molecule has 0 spiro atoms. The summed E-state index contributed by atoms with van der Waals surface area (Å²) in [5, 5.41) is 4.15. The molecule has 2 rings (SSSR count). The fourth-order valence-electron chi connectivity index (χ4n) is 2.57. The Morgan fingerprint density at radius 2 is 2.04 bits per heavy atom. The first-order chi connectivity index (χ1) is 11.3. The molecule has 1 fully saturated rings. The summed E-state index contributed by atoms with van der Waals surface area (Å²) in [7, 11) is 0. The molecule has 9 heteroatoms. The van der Waals surface area contributed by atoms with Crippen LogP contribution in [0.4, 0.5) is 13.2 Å². The summed E-state index contributed by atoms with van der Waals surface area (Å²) < 4.78 is 38.5. The van der Waals surface area contributed by atoms with E-state index in [-0.39, 0.29) is 0 Å². The largest absolute Gasteiger partial charge is 0.403 e. The molecule has 0 amide bonds. The molecule has 1 atom stereocenters. The van der Waals surface area contributed by atoms with Crippen molar-refractivity contribution in [2.24, 2.45) is 4.99 Å². The van der Waals surface area contributed by atoms with E-state index < -0.39 is 12.2 Å². The molecule has 136 valence electrons. The number of nitrogens with one attached hydrogen (secondary N) is 1. The fourth-order valence-corrected chi connectivity index (χ4v) is 3.28. The first-order valence-electron chi connectivity index (χ1n) is 8.06. The van der Waals surface area contributed by atoms with Gasteiger partial charge in [-0.3, -0.25) is 4.90 Å². The lowest BCUT2D eigenvalue weighted by Gasteiger charge is -2.39. The van der Waals surface area contributed by atoms with Crippen LogP contribution in [0.2, 0.25) is 0 Å². The zero-order valence-corrected chi connectivity index (χ0v) is 15.0. The van der Waals surface area contributed by atoms with E-state index in [0.717, 1.165) is 22.4 Å². The van der Waals surface area contributed by atoms with Gasteiger partial charge in [-0.05, 0) is 20.8 Å². The van der Waals surface area contributed by atoms with Crippen LogP contribution in [0.25, 0.3) is 0 Å². The number of hydrogen-bond acceptors (Lipinski definition) is 4. The van der Waals surface area contributed by atoms with Crippen LogP contribution >= 0.6 is 11.3 Å². The molecule has 24 heavy (non-hydrogen) atoms. The Morgan fingerprint density at radius 1 is 1.38 bits per heavy atom. The van der Waals surface area contributed by atoms with Crippen LogP contribution < -0.4 is 5.32 Å². The number of aliphatic imine (C=N–C) groups is 1. The quantitative estimate of drug-likeness (QED) is 0.659. The van der Waals surface area contributed by atoms with Gasteiger partial charge in [-0.25, -0.2) is 9.98 Å². The Morgan fingerprint density at radius 3 is 2.54 bits per heavy atom. The molecule has 1 saturated heterocycles. The third kappa shape index (κ3) is 5.07. The molecule has 1 unspecified atom stereocenters. The van der Waals surface area contributed by atoms with E-state index in [0.29, 0.717) is 32.7 Å². The topological polar surface area (TPSA) is 43.8 Å². The van der Waals surface area contributed by atoms with Crippen molar-refractivity contribution in [3.63, 3.8) is 0 Å². The monoisotopic (exact) mass is 363 g/mol. The second-order valence-corrected chi connectivity index (χ2v) is 7.09. The van der Waals surface area contributed by atoms with E-state index in [1.54, 1.807) is 11.3 Å². The number of guanidine groups is 1. The lowest BCUT2D eigenvalue weighted by atomic mass is 10.2. The smallest absolute Gasteiger partial charge is 0.357 e. The predicted molar refractivity (Wildman–Crippen MR) is 90.3 cm³/mol. The lowest BCUT2D eigenvalue weighted by molar-refractivity contribution is -0.181. The maximum absolute atomic E-state index is 12.8. The van der Waals surface area contributed by atoms with Crippen LogP contribution in [-0.2, 0) is 6.54 Å². The Bertz CT molecular complexity index is 550. The van der Waals surface area contributed by atoms with Gasteiger partial charge in [0, 0.05) is 43.8 Å². The van der Waals surface area contributed by atoms with E-state index in [1.807, 2.05) is 24.9 Å². The summed E-state index contributed by atoms with van der Waals surface area (Å²) >= 11 is 1.60. The average molecular weight is 363 g/mol. The highest BCUT2D eigenvalue weighted by Crippen LogP contribution is 2.25.